The normalized spacial score (nSPS) is 27.0. The summed E-state index contributed by atoms with van der Waals surface area (Å²) in [4.78, 5) is 0. The summed E-state index contributed by atoms with van der Waals surface area (Å²) in [7, 11) is 0. The van der Waals surface area contributed by atoms with E-state index < -0.39 is 12.5 Å². The van der Waals surface area contributed by atoms with Crippen molar-refractivity contribution in [3.05, 3.63) is 54.1 Å². The Bertz CT molecular complexity index is 831. The molecule has 1 unspecified atom stereocenters. The van der Waals surface area contributed by atoms with E-state index in [9.17, 15) is 17.6 Å². The molecule has 0 N–H and O–H groups in total. The molecular formula is C25H28F4O. The number of hydrogen-bond acceptors (Lipinski definition) is 1. The van der Waals surface area contributed by atoms with Crippen molar-refractivity contribution >= 4 is 0 Å². The monoisotopic (exact) mass is 420 g/mol. The third kappa shape index (κ3) is 4.65. The Morgan fingerprint density at radius 1 is 0.800 bits per heavy atom. The van der Waals surface area contributed by atoms with Crippen molar-refractivity contribution in [2.75, 3.05) is 0 Å². The molecule has 0 radical (unpaired) electrons. The van der Waals surface area contributed by atoms with Crippen LogP contribution in [-0.2, 0) is 0 Å². The Hall–Kier alpha value is -2.04. The van der Waals surface area contributed by atoms with Crippen LogP contribution in [0.4, 0.5) is 17.6 Å². The van der Waals surface area contributed by atoms with Crippen LogP contribution in [0.3, 0.4) is 0 Å². The van der Waals surface area contributed by atoms with Crippen LogP contribution in [-0.4, -0.2) is 12.5 Å². The SMILES string of the molecule is CC1CC[C@@H]2C[C@H](c3ccc(-c4ccc(OC(F)(F)C(F)F)cc4)cc3)CC[C@@H]2C1. The molecule has 0 spiro atoms. The van der Waals surface area contributed by atoms with Crippen LogP contribution in [0.15, 0.2) is 48.5 Å². The summed E-state index contributed by atoms with van der Waals surface area (Å²) in [6.07, 6.45) is -0.394. The second kappa shape index (κ2) is 8.60. The van der Waals surface area contributed by atoms with Crippen molar-refractivity contribution in [1.82, 2.24) is 0 Å². The van der Waals surface area contributed by atoms with Crippen molar-refractivity contribution in [2.24, 2.45) is 17.8 Å². The molecule has 2 aromatic rings. The van der Waals surface area contributed by atoms with E-state index >= 15 is 0 Å². The van der Waals surface area contributed by atoms with E-state index in [4.69, 9.17) is 0 Å². The molecule has 30 heavy (non-hydrogen) atoms. The van der Waals surface area contributed by atoms with Gasteiger partial charge < -0.3 is 4.74 Å². The highest BCUT2D eigenvalue weighted by Gasteiger charge is 2.44. The molecule has 5 heteroatoms. The van der Waals surface area contributed by atoms with Crippen molar-refractivity contribution in [1.29, 1.82) is 0 Å². The highest BCUT2D eigenvalue weighted by Crippen LogP contribution is 2.47. The average molecular weight is 420 g/mol. The molecule has 0 heterocycles. The third-order valence-corrected chi connectivity index (χ3v) is 6.95. The maximum absolute atomic E-state index is 13.0. The van der Waals surface area contributed by atoms with Crippen LogP contribution in [0.2, 0.25) is 0 Å². The lowest BCUT2D eigenvalue weighted by Crippen LogP contribution is -2.33. The summed E-state index contributed by atoms with van der Waals surface area (Å²) in [6, 6.07) is 14.3. The predicted octanol–water partition coefficient (Wildman–Crippen LogP) is 7.91. The van der Waals surface area contributed by atoms with Gasteiger partial charge in [-0.3, -0.25) is 0 Å². The van der Waals surface area contributed by atoms with Gasteiger partial charge in [-0.25, -0.2) is 0 Å². The van der Waals surface area contributed by atoms with Gasteiger partial charge in [-0.1, -0.05) is 49.7 Å². The fourth-order valence-corrected chi connectivity index (χ4v) is 5.29. The molecule has 0 bridgehead atoms. The van der Waals surface area contributed by atoms with E-state index in [1.165, 1.54) is 56.2 Å². The van der Waals surface area contributed by atoms with Crippen molar-refractivity contribution in [3.8, 4) is 16.9 Å². The van der Waals surface area contributed by atoms with Crippen LogP contribution in [0.5, 0.6) is 5.75 Å². The minimum Gasteiger partial charge on any atom is -0.428 e. The Morgan fingerprint density at radius 2 is 1.37 bits per heavy atom. The van der Waals surface area contributed by atoms with Gasteiger partial charge in [-0.05, 0) is 84.6 Å². The molecule has 1 nitrogen and oxygen atoms in total. The summed E-state index contributed by atoms with van der Waals surface area (Å²) in [5.74, 6) is 2.97. The fraction of sp³-hybridized carbons (Fsp3) is 0.520. The second-order valence-electron chi connectivity index (χ2n) is 9.06. The summed E-state index contributed by atoms with van der Waals surface area (Å²) < 4.78 is 54.7. The number of benzene rings is 2. The Labute approximate surface area is 175 Å². The number of halogens is 4. The lowest BCUT2D eigenvalue weighted by molar-refractivity contribution is -0.253. The molecule has 4 rings (SSSR count). The fourth-order valence-electron chi connectivity index (χ4n) is 5.29. The maximum Gasteiger partial charge on any atom is 0.461 e. The first-order chi connectivity index (χ1) is 14.3. The smallest absolute Gasteiger partial charge is 0.428 e. The zero-order valence-corrected chi connectivity index (χ0v) is 17.2. The Balaban J connectivity index is 1.40. The summed E-state index contributed by atoms with van der Waals surface area (Å²) in [5, 5.41) is 0. The van der Waals surface area contributed by atoms with Gasteiger partial charge >= 0.3 is 12.5 Å². The van der Waals surface area contributed by atoms with Crippen LogP contribution in [0.1, 0.15) is 56.9 Å². The molecule has 0 amide bonds. The van der Waals surface area contributed by atoms with Crippen molar-refractivity contribution in [3.63, 3.8) is 0 Å². The first-order valence-corrected chi connectivity index (χ1v) is 10.9. The number of hydrogen-bond donors (Lipinski definition) is 0. The lowest BCUT2D eigenvalue weighted by atomic mass is 9.64. The van der Waals surface area contributed by atoms with Gasteiger partial charge in [0.15, 0.2) is 0 Å². The minimum atomic E-state index is -4.49. The lowest BCUT2D eigenvalue weighted by Gasteiger charge is -2.41. The van der Waals surface area contributed by atoms with Gasteiger partial charge in [0.05, 0.1) is 0 Å². The molecule has 2 aliphatic carbocycles. The van der Waals surface area contributed by atoms with Crippen LogP contribution in [0, 0.1) is 17.8 Å². The van der Waals surface area contributed by atoms with Gasteiger partial charge in [0.25, 0.3) is 0 Å². The van der Waals surface area contributed by atoms with Crippen LogP contribution < -0.4 is 4.74 Å². The average Bonchev–Trinajstić information content (AvgIpc) is 2.74. The largest absolute Gasteiger partial charge is 0.461 e. The summed E-state index contributed by atoms with van der Waals surface area (Å²) >= 11 is 0. The van der Waals surface area contributed by atoms with Crippen LogP contribution >= 0.6 is 0 Å². The van der Waals surface area contributed by atoms with E-state index in [-0.39, 0.29) is 5.75 Å². The number of rotatable bonds is 5. The zero-order chi connectivity index (χ0) is 21.3. The molecule has 0 aliphatic heterocycles. The molecule has 0 aromatic heterocycles. The molecule has 2 saturated carbocycles. The minimum absolute atomic E-state index is 0.278. The van der Waals surface area contributed by atoms with E-state index in [0.717, 1.165) is 28.9 Å². The standard InChI is InChI=1S/C25H28F4O/c1-16-2-3-22-15-21(9-8-20(22)14-16)19-6-4-17(5-7-19)18-10-12-23(13-11-18)30-25(28,29)24(26)27/h4-7,10-13,16,20-22,24H,2-3,8-9,14-15H2,1H3/t16?,20-,21-,22-/m1/s1. The molecule has 162 valence electrons. The zero-order valence-electron chi connectivity index (χ0n) is 17.2. The topological polar surface area (TPSA) is 9.23 Å². The van der Waals surface area contributed by atoms with Crippen LogP contribution in [0.25, 0.3) is 11.1 Å². The van der Waals surface area contributed by atoms with E-state index in [1.54, 1.807) is 12.1 Å². The molecule has 2 aliphatic rings. The van der Waals surface area contributed by atoms with Crippen molar-refractivity contribution < 1.29 is 22.3 Å². The Morgan fingerprint density at radius 3 is 2.00 bits per heavy atom. The predicted molar refractivity (Wildman–Crippen MR) is 110 cm³/mol. The first kappa shape index (κ1) is 21.2. The highest BCUT2D eigenvalue weighted by atomic mass is 19.3. The number of ether oxygens (including phenoxy) is 1. The molecule has 2 aromatic carbocycles. The number of fused-ring (bicyclic) bond motifs is 1. The second-order valence-corrected chi connectivity index (χ2v) is 9.06. The maximum atomic E-state index is 13.0. The van der Waals surface area contributed by atoms with E-state index in [0.29, 0.717) is 5.92 Å². The van der Waals surface area contributed by atoms with E-state index in [2.05, 4.69) is 23.8 Å². The van der Waals surface area contributed by atoms with Gasteiger partial charge in [-0.15, -0.1) is 0 Å². The quantitative estimate of drug-likeness (QED) is 0.447. The molecule has 4 atom stereocenters. The van der Waals surface area contributed by atoms with Gasteiger partial charge in [0.1, 0.15) is 5.75 Å². The van der Waals surface area contributed by atoms with Gasteiger partial charge in [-0.2, -0.15) is 17.6 Å². The number of alkyl halides is 4. The van der Waals surface area contributed by atoms with Gasteiger partial charge in [0, 0.05) is 0 Å². The van der Waals surface area contributed by atoms with Gasteiger partial charge in [0.2, 0.25) is 0 Å². The van der Waals surface area contributed by atoms with E-state index in [1.807, 2.05) is 12.1 Å². The summed E-state index contributed by atoms with van der Waals surface area (Å²) in [5.41, 5.74) is 3.16. The third-order valence-electron chi connectivity index (χ3n) is 6.95. The molecule has 0 saturated heterocycles. The first-order valence-electron chi connectivity index (χ1n) is 10.9. The highest BCUT2D eigenvalue weighted by molar-refractivity contribution is 5.64. The molecular weight excluding hydrogens is 392 g/mol. The summed E-state index contributed by atoms with van der Waals surface area (Å²) in [6.45, 7) is 2.38. The Kier molecular flexibility index (Phi) is 6.08. The van der Waals surface area contributed by atoms with Crippen molar-refractivity contribution in [2.45, 2.75) is 63.9 Å². The molecule has 2 fully saturated rings.